The Morgan fingerprint density at radius 2 is 2.18 bits per heavy atom. The first kappa shape index (κ1) is 17.0. The van der Waals surface area contributed by atoms with E-state index in [1.54, 1.807) is 25.4 Å². The molecule has 1 aliphatic carbocycles. The first-order valence-electron chi connectivity index (χ1n) is 9.71. The zero-order chi connectivity index (χ0) is 19.1. The van der Waals surface area contributed by atoms with E-state index in [2.05, 4.69) is 39.3 Å². The van der Waals surface area contributed by atoms with Crippen molar-refractivity contribution < 1.29 is 9.53 Å². The van der Waals surface area contributed by atoms with Gasteiger partial charge in [0.1, 0.15) is 5.82 Å². The summed E-state index contributed by atoms with van der Waals surface area (Å²) in [6.45, 7) is 1.06. The molecule has 3 heterocycles. The molecule has 1 atom stereocenters. The maximum atomic E-state index is 12.7. The predicted octanol–water partition coefficient (Wildman–Crippen LogP) is 3.32. The van der Waals surface area contributed by atoms with E-state index >= 15 is 0 Å². The number of methoxy groups -OCH3 is 1. The molecule has 1 aromatic carbocycles. The van der Waals surface area contributed by atoms with Gasteiger partial charge in [-0.3, -0.25) is 4.79 Å². The Labute approximate surface area is 163 Å². The number of carbonyl (C=O) groups excluding carboxylic acids is 1. The molecule has 2 aliphatic rings. The summed E-state index contributed by atoms with van der Waals surface area (Å²) in [5.74, 6) is 1.56. The summed E-state index contributed by atoms with van der Waals surface area (Å²) in [5, 5.41) is 3.16. The number of hydrogen-bond acceptors (Lipinski definition) is 4. The van der Waals surface area contributed by atoms with E-state index in [1.165, 1.54) is 23.4 Å². The highest BCUT2D eigenvalue weighted by Crippen LogP contribution is 2.35. The summed E-state index contributed by atoms with van der Waals surface area (Å²) in [6, 6.07) is 9.97. The van der Waals surface area contributed by atoms with Crippen molar-refractivity contribution in [1.82, 2.24) is 19.9 Å². The van der Waals surface area contributed by atoms with Gasteiger partial charge in [-0.05, 0) is 42.5 Å². The van der Waals surface area contributed by atoms with Crippen molar-refractivity contribution in [3.63, 3.8) is 0 Å². The number of pyridine rings is 1. The minimum Gasteiger partial charge on any atom is -0.481 e. The molecule has 1 unspecified atom stereocenters. The number of nitrogens with zero attached hydrogens (tertiary/aromatic N) is 3. The van der Waals surface area contributed by atoms with Crippen molar-refractivity contribution in [1.29, 1.82) is 0 Å². The Hall–Kier alpha value is -3.15. The van der Waals surface area contributed by atoms with Gasteiger partial charge in [0.05, 0.1) is 24.4 Å². The van der Waals surface area contributed by atoms with Crippen LogP contribution in [0.2, 0.25) is 0 Å². The van der Waals surface area contributed by atoms with E-state index in [1.807, 2.05) is 0 Å². The monoisotopic (exact) mass is 374 g/mol. The van der Waals surface area contributed by atoms with Crippen molar-refractivity contribution in [3.8, 4) is 17.1 Å². The zero-order valence-corrected chi connectivity index (χ0v) is 15.8. The number of carbonyl (C=O) groups is 1. The average Bonchev–Trinajstić information content (AvgIpc) is 3.43. The quantitative estimate of drug-likeness (QED) is 0.761. The van der Waals surface area contributed by atoms with Crippen molar-refractivity contribution in [2.24, 2.45) is 0 Å². The van der Waals surface area contributed by atoms with E-state index in [-0.39, 0.29) is 11.9 Å². The normalized spacial score (nSPS) is 17.2. The molecule has 1 aliphatic heterocycles. The van der Waals surface area contributed by atoms with Crippen molar-refractivity contribution in [2.45, 2.75) is 38.3 Å². The number of nitrogens with one attached hydrogen (secondary N) is 1. The fourth-order valence-corrected chi connectivity index (χ4v) is 4.18. The molecule has 0 radical (unpaired) electrons. The second kappa shape index (κ2) is 6.78. The number of ether oxygens (including phenoxy) is 1. The van der Waals surface area contributed by atoms with Crippen LogP contribution >= 0.6 is 0 Å². The number of fused-ring (bicyclic) bond motifs is 2. The molecule has 2 aromatic heterocycles. The van der Waals surface area contributed by atoms with Gasteiger partial charge >= 0.3 is 0 Å². The summed E-state index contributed by atoms with van der Waals surface area (Å²) >= 11 is 0. The van der Waals surface area contributed by atoms with Gasteiger partial charge in [0.2, 0.25) is 5.88 Å². The van der Waals surface area contributed by atoms with Crippen LogP contribution in [0, 0.1) is 0 Å². The van der Waals surface area contributed by atoms with Crippen LogP contribution in [0.3, 0.4) is 0 Å². The first-order chi connectivity index (χ1) is 13.7. The SMILES string of the molecule is COc1ccc(C(=O)NC2CCc3ccc(-c4cn5c(n4)CCC5)cc32)cn1. The highest BCUT2D eigenvalue weighted by molar-refractivity contribution is 5.94. The van der Waals surface area contributed by atoms with Gasteiger partial charge < -0.3 is 14.6 Å². The summed E-state index contributed by atoms with van der Waals surface area (Å²) in [4.78, 5) is 21.6. The lowest BCUT2D eigenvalue weighted by Crippen LogP contribution is -2.27. The van der Waals surface area contributed by atoms with Crippen molar-refractivity contribution >= 4 is 5.91 Å². The largest absolute Gasteiger partial charge is 0.481 e. The second-order valence-electron chi connectivity index (χ2n) is 7.41. The molecule has 5 rings (SSSR count). The molecule has 28 heavy (non-hydrogen) atoms. The Kier molecular flexibility index (Phi) is 4.11. The van der Waals surface area contributed by atoms with Crippen LogP contribution in [0.1, 0.15) is 46.2 Å². The molecular formula is C22H22N4O2. The van der Waals surface area contributed by atoms with Crippen molar-refractivity contribution in [3.05, 3.63) is 65.2 Å². The molecule has 0 fully saturated rings. The smallest absolute Gasteiger partial charge is 0.253 e. The van der Waals surface area contributed by atoms with Crippen LogP contribution < -0.4 is 10.1 Å². The van der Waals surface area contributed by atoms with Gasteiger partial charge in [-0.25, -0.2) is 9.97 Å². The molecule has 1 N–H and O–H groups in total. The molecular weight excluding hydrogens is 352 g/mol. The topological polar surface area (TPSA) is 69.0 Å². The number of aromatic nitrogens is 3. The Balaban J connectivity index is 1.38. The minimum atomic E-state index is -0.112. The maximum absolute atomic E-state index is 12.7. The molecule has 0 spiro atoms. The zero-order valence-electron chi connectivity index (χ0n) is 15.8. The standard InChI is InChI=1S/C22H22N4O2/c1-28-21-9-7-16(12-23-21)22(27)25-18-8-6-14-4-5-15(11-17(14)18)19-13-26-10-2-3-20(26)24-19/h4-5,7,9,11-13,18H,2-3,6,8,10H2,1H3,(H,25,27). The fraction of sp³-hybridized carbons (Fsp3) is 0.318. The third-order valence-corrected chi connectivity index (χ3v) is 5.69. The number of aryl methyl sites for hydroxylation is 3. The molecule has 0 saturated heterocycles. The summed E-state index contributed by atoms with van der Waals surface area (Å²) in [6.07, 6.45) is 7.82. The molecule has 1 amide bonds. The molecule has 6 heteroatoms. The van der Waals surface area contributed by atoms with Gasteiger partial charge in [-0.1, -0.05) is 12.1 Å². The number of benzene rings is 1. The van der Waals surface area contributed by atoms with E-state index in [9.17, 15) is 4.79 Å². The van der Waals surface area contributed by atoms with Gasteiger partial charge in [-0.15, -0.1) is 0 Å². The molecule has 3 aromatic rings. The summed E-state index contributed by atoms with van der Waals surface area (Å²) < 4.78 is 7.30. The first-order valence-corrected chi connectivity index (χ1v) is 9.71. The van der Waals surface area contributed by atoms with E-state index in [0.717, 1.165) is 37.1 Å². The predicted molar refractivity (Wildman–Crippen MR) is 105 cm³/mol. The Morgan fingerprint density at radius 1 is 1.25 bits per heavy atom. The van der Waals surface area contributed by atoms with Crippen LogP contribution in [-0.4, -0.2) is 27.6 Å². The molecule has 6 nitrogen and oxygen atoms in total. The highest BCUT2D eigenvalue weighted by Gasteiger charge is 2.25. The summed E-state index contributed by atoms with van der Waals surface area (Å²) in [7, 11) is 1.56. The lowest BCUT2D eigenvalue weighted by Gasteiger charge is -2.15. The number of imidazole rings is 1. The number of amides is 1. The Bertz CT molecular complexity index is 1020. The van der Waals surface area contributed by atoms with Gasteiger partial charge in [0, 0.05) is 37.0 Å². The van der Waals surface area contributed by atoms with Gasteiger partial charge in [0.15, 0.2) is 0 Å². The third kappa shape index (κ3) is 2.95. The summed E-state index contributed by atoms with van der Waals surface area (Å²) in [5.41, 5.74) is 5.17. The lowest BCUT2D eigenvalue weighted by atomic mass is 10.0. The lowest BCUT2D eigenvalue weighted by molar-refractivity contribution is 0.0936. The van der Waals surface area contributed by atoms with Gasteiger partial charge in [-0.2, -0.15) is 0 Å². The maximum Gasteiger partial charge on any atom is 0.253 e. The average molecular weight is 374 g/mol. The van der Waals surface area contributed by atoms with Crippen LogP contribution in [0.15, 0.2) is 42.7 Å². The fourth-order valence-electron chi connectivity index (χ4n) is 4.18. The van der Waals surface area contributed by atoms with Crippen LogP contribution in [0.25, 0.3) is 11.3 Å². The third-order valence-electron chi connectivity index (χ3n) is 5.69. The van der Waals surface area contributed by atoms with Crippen LogP contribution in [0.5, 0.6) is 5.88 Å². The second-order valence-corrected chi connectivity index (χ2v) is 7.41. The van der Waals surface area contributed by atoms with E-state index < -0.39 is 0 Å². The minimum absolute atomic E-state index is 0.0130. The number of hydrogen-bond donors (Lipinski definition) is 1. The Morgan fingerprint density at radius 3 is 2.96 bits per heavy atom. The van der Waals surface area contributed by atoms with E-state index in [0.29, 0.717) is 11.4 Å². The van der Waals surface area contributed by atoms with E-state index in [4.69, 9.17) is 9.72 Å². The molecule has 142 valence electrons. The van der Waals surface area contributed by atoms with Crippen LogP contribution in [-0.2, 0) is 19.4 Å². The molecule has 0 bridgehead atoms. The number of rotatable bonds is 4. The van der Waals surface area contributed by atoms with Gasteiger partial charge in [0.25, 0.3) is 5.91 Å². The van der Waals surface area contributed by atoms with Crippen LogP contribution in [0.4, 0.5) is 0 Å². The molecule has 0 saturated carbocycles. The highest BCUT2D eigenvalue weighted by atomic mass is 16.5. The van der Waals surface area contributed by atoms with Crippen molar-refractivity contribution in [2.75, 3.05) is 7.11 Å².